The van der Waals surface area contributed by atoms with E-state index in [2.05, 4.69) is 12.2 Å². The minimum atomic E-state index is 0.238. The van der Waals surface area contributed by atoms with Gasteiger partial charge in [0.25, 0.3) is 0 Å². The van der Waals surface area contributed by atoms with Crippen molar-refractivity contribution in [3.8, 4) is 0 Å². The van der Waals surface area contributed by atoms with E-state index in [0.29, 0.717) is 17.9 Å². The molecule has 1 saturated carbocycles. The molecule has 1 N–H and O–H groups in total. The Balaban J connectivity index is 2.23. The van der Waals surface area contributed by atoms with Crippen molar-refractivity contribution in [1.82, 2.24) is 5.32 Å². The van der Waals surface area contributed by atoms with Gasteiger partial charge >= 0.3 is 0 Å². The van der Waals surface area contributed by atoms with Crippen molar-refractivity contribution < 1.29 is 4.79 Å². The molecule has 10 heavy (non-hydrogen) atoms. The van der Waals surface area contributed by atoms with E-state index in [0.717, 1.165) is 6.42 Å². The first-order chi connectivity index (χ1) is 4.61. The molecule has 1 fully saturated rings. The second kappa shape index (κ2) is 2.60. The molecule has 0 unspecified atom stereocenters. The molecule has 0 spiro atoms. The zero-order valence-electron chi connectivity index (χ0n) is 6.85. The second-order valence-electron chi connectivity index (χ2n) is 3.48. The highest BCUT2D eigenvalue weighted by Crippen LogP contribution is 2.37. The van der Waals surface area contributed by atoms with Crippen LogP contribution in [0.3, 0.4) is 0 Å². The van der Waals surface area contributed by atoms with Crippen LogP contribution in [0.15, 0.2) is 0 Å². The third-order valence-corrected chi connectivity index (χ3v) is 1.88. The summed E-state index contributed by atoms with van der Waals surface area (Å²) in [5.74, 6) is 1.18. The summed E-state index contributed by atoms with van der Waals surface area (Å²) in [6.45, 7) is 6.10. The Hall–Kier alpha value is -0.530. The molecule has 1 rings (SSSR count). The van der Waals surface area contributed by atoms with Crippen LogP contribution < -0.4 is 5.32 Å². The van der Waals surface area contributed by atoms with Crippen LogP contribution in [0.1, 0.15) is 27.2 Å². The lowest BCUT2D eigenvalue weighted by atomic mass is 10.3. The van der Waals surface area contributed by atoms with Gasteiger partial charge in [-0.05, 0) is 26.2 Å². The Kier molecular flexibility index (Phi) is 1.97. The van der Waals surface area contributed by atoms with Gasteiger partial charge in [0, 0.05) is 12.0 Å². The fourth-order valence-corrected chi connectivity index (χ4v) is 1.08. The molecule has 0 saturated heterocycles. The SMILES string of the molecule is CC(C)NC(=O)[C@H]1C[C@@H]1C. The molecule has 0 aliphatic heterocycles. The van der Waals surface area contributed by atoms with Crippen molar-refractivity contribution in [2.24, 2.45) is 11.8 Å². The van der Waals surface area contributed by atoms with Gasteiger partial charge < -0.3 is 5.32 Å². The highest BCUT2D eigenvalue weighted by atomic mass is 16.2. The van der Waals surface area contributed by atoms with Gasteiger partial charge in [-0.2, -0.15) is 0 Å². The Morgan fingerprint density at radius 3 is 2.40 bits per heavy atom. The standard InChI is InChI=1S/C8H15NO/c1-5(2)9-8(10)7-4-6(7)3/h5-7H,4H2,1-3H3,(H,9,10)/t6-,7-/m0/s1. The van der Waals surface area contributed by atoms with Crippen molar-refractivity contribution in [3.63, 3.8) is 0 Å². The van der Waals surface area contributed by atoms with E-state index in [-0.39, 0.29) is 5.91 Å². The smallest absolute Gasteiger partial charge is 0.223 e. The third kappa shape index (κ3) is 1.72. The van der Waals surface area contributed by atoms with Crippen molar-refractivity contribution in [1.29, 1.82) is 0 Å². The number of rotatable bonds is 2. The Bertz CT molecular complexity index is 142. The molecule has 1 amide bonds. The molecule has 0 heterocycles. The zero-order chi connectivity index (χ0) is 7.72. The highest BCUT2D eigenvalue weighted by molar-refractivity contribution is 5.81. The lowest BCUT2D eigenvalue weighted by Crippen LogP contribution is -2.31. The van der Waals surface area contributed by atoms with Crippen LogP contribution in [0, 0.1) is 11.8 Å². The van der Waals surface area contributed by atoms with E-state index in [1.54, 1.807) is 0 Å². The van der Waals surface area contributed by atoms with Gasteiger partial charge in [-0.1, -0.05) is 6.92 Å². The Labute approximate surface area is 62.0 Å². The van der Waals surface area contributed by atoms with E-state index < -0.39 is 0 Å². The summed E-state index contributed by atoms with van der Waals surface area (Å²) in [5.41, 5.74) is 0. The maximum atomic E-state index is 11.1. The minimum Gasteiger partial charge on any atom is -0.354 e. The van der Waals surface area contributed by atoms with Gasteiger partial charge in [-0.15, -0.1) is 0 Å². The first-order valence-corrected chi connectivity index (χ1v) is 3.91. The summed E-state index contributed by atoms with van der Waals surface area (Å²) < 4.78 is 0. The Morgan fingerprint density at radius 1 is 1.60 bits per heavy atom. The van der Waals surface area contributed by atoms with Crippen LogP contribution in [0.25, 0.3) is 0 Å². The monoisotopic (exact) mass is 141 g/mol. The first kappa shape index (κ1) is 7.58. The molecular weight excluding hydrogens is 126 g/mol. The number of nitrogens with one attached hydrogen (secondary N) is 1. The van der Waals surface area contributed by atoms with Crippen molar-refractivity contribution >= 4 is 5.91 Å². The van der Waals surface area contributed by atoms with Crippen LogP contribution in [0.5, 0.6) is 0 Å². The van der Waals surface area contributed by atoms with Crippen molar-refractivity contribution in [2.45, 2.75) is 33.2 Å². The lowest BCUT2D eigenvalue weighted by molar-refractivity contribution is -0.123. The van der Waals surface area contributed by atoms with Crippen LogP contribution in [-0.2, 0) is 4.79 Å². The zero-order valence-corrected chi connectivity index (χ0v) is 6.85. The molecule has 0 aromatic rings. The maximum Gasteiger partial charge on any atom is 0.223 e. The fraction of sp³-hybridized carbons (Fsp3) is 0.875. The van der Waals surface area contributed by atoms with Crippen LogP contribution in [0.4, 0.5) is 0 Å². The van der Waals surface area contributed by atoms with Crippen molar-refractivity contribution in [3.05, 3.63) is 0 Å². The Morgan fingerprint density at radius 2 is 2.10 bits per heavy atom. The van der Waals surface area contributed by atoms with Gasteiger partial charge in [0.2, 0.25) is 5.91 Å². The number of hydrogen-bond donors (Lipinski definition) is 1. The first-order valence-electron chi connectivity index (χ1n) is 3.91. The molecule has 2 atom stereocenters. The second-order valence-corrected chi connectivity index (χ2v) is 3.48. The van der Waals surface area contributed by atoms with Gasteiger partial charge in [0.05, 0.1) is 0 Å². The predicted molar refractivity (Wildman–Crippen MR) is 40.5 cm³/mol. The molecular formula is C8H15NO. The average molecular weight is 141 g/mol. The average Bonchev–Trinajstić information content (AvgIpc) is 2.44. The number of amides is 1. The number of hydrogen-bond acceptors (Lipinski definition) is 1. The normalized spacial score (nSPS) is 30.4. The topological polar surface area (TPSA) is 29.1 Å². The summed E-state index contributed by atoms with van der Waals surface area (Å²) in [5, 5.41) is 2.90. The minimum absolute atomic E-state index is 0.238. The predicted octanol–water partition coefficient (Wildman–Crippen LogP) is 1.17. The largest absolute Gasteiger partial charge is 0.354 e. The summed E-state index contributed by atoms with van der Waals surface area (Å²) in [4.78, 5) is 11.1. The van der Waals surface area contributed by atoms with Crippen LogP contribution in [0.2, 0.25) is 0 Å². The van der Waals surface area contributed by atoms with E-state index in [9.17, 15) is 4.79 Å². The van der Waals surface area contributed by atoms with Gasteiger partial charge in [-0.25, -0.2) is 0 Å². The van der Waals surface area contributed by atoms with E-state index in [1.807, 2.05) is 13.8 Å². The summed E-state index contributed by atoms with van der Waals surface area (Å²) in [7, 11) is 0. The molecule has 0 aromatic carbocycles. The highest BCUT2D eigenvalue weighted by Gasteiger charge is 2.38. The molecule has 58 valence electrons. The molecule has 1 aliphatic carbocycles. The maximum absolute atomic E-state index is 11.1. The lowest BCUT2D eigenvalue weighted by Gasteiger charge is -2.06. The van der Waals surface area contributed by atoms with Crippen LogP contribution in [-0.4, -0.2) is 11.9 Å². The molecule has 2 heteroatoms. The molecule has 1 aliphatic rings. The number of carbonyl (C=O) groups is 1. The summed E-state index contributed by atoms with van der Waals surface area (Å²) in [6.07, 6.45) is 1.08. The molecule has 0 radical (unpaired) electrons. The number of carbonyl (C=O) groups excluding carboxylic acids is 1. The van der Waals surface area contributed by atoms with Gasteiger partial charge in [-0.3, -0.25) is 4.79 Å². The van der Waals surface area contributed by atoms with E-state index in [4.69, 9.17) is 0 Å². The molecule has 0 bridgehead atoms. The van der Waals surface area contributed by atoms with E-state index in [1.165, 1.54) is 0 Å². The quantitative estimate of drug-likeness (QED) is 0.614. The van der Waals surface area contributed by atoms with Crippen LogP contribution >= 0.6 is 0 Å². The van der Waals surface area contributed by atoms with E-state index >= 15 is 0 Å². The molecule has 0 aromatic heterocycles. The van der Waals surface area contributed by atoms with Gasteiger partial charge in [0.15, 0.2) is 0 Å². The molecule has 2 nitrogen and oxygen atoms in total. The fourth-order valence-electron chi connectivity index (χ4n) is 1.08. The third-order valence-electron chi connectivity index (χ3n) is 1.88. The van der Waals surface area contributed by atoms with Crippen molar-refractivity contribution in [2.75, 3.05) is 0 Å². The van der Waals surface area contributed by atoms with Gasteiger partial charge in [0.1, 0.15) is 0 Å². The summed E-state index contributed by atoms with van der Waals surface area (Å²) in [6, 6.07) is 0.292. The summed E-state index contributed by atoms with van der Waals surface area (Å²) >= 11 is 0.